The molecule has 1 saturated carbocycles. The van der Waals surface area contributed by atoms with Crippen molar-refractivity contribution in [2.75, 3.05) is 0 Å². The van der Waals surface area contributed by atoms with E-state index >= 15 is 0 Å². The zero-order valence-electron chi connectivity index (χ0n) is 14.0. The summed E-state index contributed by atoms with van der Waals surface area (Å²) in [6.45, 7) is 0. The second-order valence-corrected chi connectivity index (χ2v) is 6.62. The molecule has 3 aromatic rings. The van der Waals surface area contributed by atoms with Gasteiger partial charge in [0, 0.05) is 16.7 Å². The number of hydrogen-bond acceptors (Lipinski definition) is 4. The van der Waals surface area contributed by atoms with Crippen molar-refractivity contribution in [2.24, 2.45) is 0 Å². The van der Waals surface area contributed by atoms with Crippen molar-refractivity contribution in [1.29, 1.82) is 0 Å². The fourth-order valence-electron chi connectivity index (χ4n) is 3.50. The Balaban J connectivity index is 1.53. The van der Waals surface area contributed by atoms with Crippen molar-refractivity contribution < 1.29 is 9.32 Å². The van der Waals surface area contributed by atoms with Crippen molar-refractivity contribution in [1.82, 2.24) is 10.1 Å². The van der Waals surface area contributed by atoms with Crippen molar-refractivity contribution in [3.05, 3.63) is 59.7 Å². The van der Waals surface area contributed by atoms with Gasteiger partial charge >= 0.3 is 0 Å². The van der Waals surface area contributed by atoms with Gasteiger partial charge in [0.05, 0.1) is 0 Å². The SMILES string of the molecule is O=Cc1ccc(-c2noc(-c3ccc(C4CCCCC4)cc3)n2)cc1. The molecule has 0 radical (unpaired) electrons. The maximum Gasteiger partial charge on any atom is 0.258 e. The van der Waals surface area contributed by atoms with E-state index < -0.39 is 0 Å². The van der Waals surface area contributed by atoms with Crippen molar-refractivity contribution in [3.63, 3.8) is 0 Å². The Bertz CT molecular complexity index is 844. The molecule has 1 aliphatic carbocycles. The maximum absolute atomic E-state index is 10.7. The van der Waals surface area contributed by atoms with Crippen molar-refractivity contribution in [3.8, 4) is 22.8 Å². The Morgan fingerprint density at radius 2 is 1.56 bits per heavy atom. The average Bonchev–Trinajstić information content (AvgIpc) is 3.19. The highest BCUT2D eigenvalue weighted by molar-refractivity contribution is 5.76. The van der Waals surface area contributed by atoms with Crippen LogP contribution in [0.15, 0.2) is 53.1 Å². The molecule has 1 heterocycles. The van der Waals surface area contributed by atoms with Crippen LogP contribution in [0.1, 0.15) is 53.9 Å². The molecule has 0 N–H and O–H groups in total. The van der Waals surface area contributed by atoms with Crippen LogP contribution in [-0.4, -0.2) is 16.4 Å². The quantitative estimate of drug-likeness (QED) is 0.611. The van der Waals surface area contributed by atoms with Gasteiger partial charge in [0.2, 0.25) is 5.82 Å². The van der Waals surface area contributed by atoms with E-state index in [2.05, 4.69) is 34.4 Å². The Hall–Kier alpha value is -2.75. The summed E-state index contributed by atoms with van der Waals surface area (Å²) in [5.74, 6) is 1.74. The second kappa shape index (κ2) is 7.01. The Morgan fingerprint density at radius 1 is 0.880 bits per heavy atom. The lowest BCUT2D eigenvalue weighted by atomic mass is 9.84. The zero-order valence-corrected chi connectivity index (χ0v) is 14.0. The van der Waals surface area contributed by atoms with Crippen molar-refractivity contribution >= 4 is 6.29 Å². The molecule has 1 aromatic heterocycles. The molecule has 0 spiro atoms. The number of benzene rings is 2. The fraction of sp³-hybridized carbons (Fsp3) is 0.286. The van der Waals surface area contributed by atoms with E-state index in [0.29, 0.717) is 23.2 Å². The van der Waals surface area contributed by atoms with Gasteiger partial charge in [-0.2, -0.15) is 4.98 Å². The van der Waals surface area contributed by atoms with Gasteiger partial charge in [-0.05, 0) is 36.5 Å². The summed E-state index contributed by atoms with van der Waals surface area (Å²) >= 11 is 0. The van der Waals surface area contributed by atoms with E-state index in [1.54, 1.807) is 12.1 Å². The molecule has 1 aliphatic rings. The molecular weight excluding hydrogens is 312 g/mol. The van der Waals surface area contributed by atoms with E-state index in [-0.39, 0.29) is 0 Å². The minimum atomic E-state index is 0.518. The first-order chi connectivity index (χ1) is 12.3. The summed E-state index contributed by atoms with van der Waals surface area (Å²) in [5.41, 5.74) is 3.81. The van der Waals surface area contributed by atoms with Gasteiger partial charge in [0.25, 0.3) is 5.89 Å². The number of carbonyl (C=O) groups excluding carboxylic acids is 1. The summed E-state index contributed by atoms with van der Waals surface area (Å²) in [5, 5.41) is 4.06. The standard InChI is InChI=1S/C21H20N2O2/c24-14-15-6-8-18(9-7-15)20-22-21(25-23-20)19-12-10-17(11-13-19)16-4-2-1-3-5-16/h6-14,16H,1-5H2. The summed E-state index contributed by atoms with van der Waals surface area (Å²) in [6.07, 6.45) is 7.44. The molecule has 0 unspecified atom stereocenters. The van der Waals surface area contributed by atoms with Crippen LogP contribution >= 0.6 is 0 Å². The first-order valence-electron chi connectivity index (χ1n) is 8.83. The van der Waals surface area contributed by atoms with E-state index in [9.17, 15) is 4.79 Å². The molecule has 1 fully saturated rings. The van der Waals surface area contributed by atoms with Crippen LogP contribution in [0.4, 0.5) is 0 Å². The first kappa shape index (κ1) is 15.8. The molecule has 2 aromatic carbocycles. The minimum Gasteiger partial charge on any atom is -0.334 e. The number of aromatic nitrogens is 2. The lowest BCUT2D eigenvalue weighted by molar-refractivity contribution is 0.112. The van der Waals surface area contributed by atoms with Gasteiger partial charge in [-0.1, -0.05) is 60.8 Å². The van der Waals surface area contributed by atoms with Crippen LogP contribution in [0.25, 0.3) is 22.8 Å². The molecule has 0 atom stereocenters. The Labute approximate surface area is 146 Å². The number of nitrogens with zero attached hydrogens (tertiary/aromatic N) is 2. The van der Waals surface area contributed by atoms with Crippen LogP contribution < -0.4 is 0 Å². The van der Waals surface area contributed by atoms with Gasteiger partial charge in [-0.25, -0.2) is 0 Å². The summed E-state index contributed by atoms with van der Waals surface area (Å²) in [4.78, 5) is 15.2. The summed E-state index contributed by atoms with van der Waals surface area (Å²) in [6, 6.07) is 15.7. The molecular formula is C21H20N2O2. The van der Waals surface area contributed by atoms with Crippen molar-refractivity contribution in [2.45, 2.75) is 38.0 Å². The lowest BCUT2D eigenvalue weighted by Gasteiger charge is -2.21. The Morgan fingerprint density at radius 3 is 2.24 bits per heavy atom. The molecule has 4 heteroatoms. The first-order valence-corrected chi connectivity index (χ1v) is 8.83. The fourth-order valence-corrected chi connectivity index (χ4v) is 3.50. The number of rotatable bonds is 4. The Kier molecular flexibility index (Phi) is 4.42. The van der Waals surface area contributed by atoms with Crippen LogP contribution in [-0.2, 0) is 0 Å². The van der Waals surface area contributed by atoms with Crippen LogP contribution in [0, 0.1) is 0 Å². The van der Waals surface area contributed by atoms with Gasteiger partial charge in [0.1, 0.15) is 6.29 Å². The number of carbonyl (C=O) groups is 1. The molecule has 0 bridgehead atoms. The highest BCUT2D eigenvalue weighted by Crippen LogP contribution is 2.33. The average molecular weight is 332 g/mol. The predicted molar refractivity (Wildman–Crippen MR) is 96.4 cm³/mol. The summed E-state index contributed by atoms with van der Waals surface area (Å²) < 4.78 is 5.42. The van der Waals surface area contributed by atoms with E-state index in [1.165, 1.54) is 37.7 Å². The molecule has 0 aliphatic heterocycles. The summed E-state index contributed by atoms with van der Waals surface area (Å²) in [7, 11) is 0. The van der Waals surface area contributed by atoms with E-state index in [4.69, 9.17) is 4.52 Å². The predicted octanol–water partition coefficient (Wildman–Crippen LogP) is 5.26. The molecule has 0 saturated heterocycles. The van der Waals surface area contributed by atoms with Gasteiger partial charge in [-0.3, -0.25) is 4.79 Å². The smallest absolute Gasteiger partial charge is 0.258 e. The van der Waals surface area contributed by atoms with Gasteiger partial charge in [-0.15, -0.1) is 0 Å². The van der Waals surface area contributed by atoms with E-state index in [0.717, 1.165) is 17.4 Å². The molecule has 4 nitrogen and oxygen atoms in total. The molecule has 4 rings (SSSR count). The number of aldehydes is 1. The lowest BCUT2D eigenvalue weighted by Crippen LogP contribution is -2.04. The normalized spacial score (nSPS) is 15.2. The van der Waals surface area contributed by atoms with Crippen LogP contribution in [0.5, 0.6) is 0 Å². The van der Waals surface area contributed by atoms with Gasteiger partial charge in [0.15, 0.2) is 0 Å². The largest absolute Gasteiger partial charge is 0.334 e. The number of hydrogen-bond donors (Lipinski definition) is 0. The third-order valence-electron chi connectivity index (χ3n) is 4.97. The van der Waals surface area contributed by atoms with E-state index in [1.807, 2.05) is 12.1 Å². The molecule has 25 heavy (non-hydrogen) atoms. The zero-order chi connectivity index (χ0) is 17.1. The maximum atomic E-state index is 10.7. The third-order valence-corrected chi connectivity index (χ3v) is 4.97. The van der Waals surface area contributed by atoms with Crippen LogP contribution in [0.3, 0.4) is 0 Å². The second-order valence-electron chi connectivity index (χ2n) is 6.62. The molecule has 0 amide bonds. The molecule has 126 valence electrons. The third kappa shape index (κ3) is 3.38. The minimum absolute atomic E-state index is 0.518. The highest BCUT2D eigenvalue weighted by Gasteiger charge is 2.16. The highest BCUT2D eigenvalue weighted by atomic mass is 16.5. The monoisotopic (exact) mass is 332 g/mol. The topological polar surface area (TPSA) is 56.0 Å². The van der Waals surface area contributed by atoms with Crippen LogP contribution in [0.2, 0.25) is 0 Å². The van der Waals surface area contributed by atoms with Gasteiger partial charge < -0.3 is 4.52 Å².